The summed E-state index contributed by atoms with van der Waals surface area (Å²) >= 11 is 6.08. The Morgan fingerprint density at radius 3 is 2.65 bits per heavy atom. The maximum atomic E-state index is 13.3. The second kappa shape index (κ2) is 9.76. The molecule has 0 saturated carbocycles. The number of rotatable bonds is 4. The van der Waals surface area contributed by atoms with E-state index in [1.54, 1.807) is 4.90 Å². The second-order valence-electron chi connectivity index (χ2n) is 5.91. The van der Waals surface area contributed by atoms with E-state index in [1.807, 2.05) is 30.3 Å². The summed E-state index contributed by atoms with van der Waals surface area (Å²) in [6.45, 7) is 2.95. The molecule has 1 aliphatic heterocycles. The lowest BCUT2D eigenvalue weighted by Crippen LogP contribution is -2.39. The SMILES string of the molecule is Cl.O=C(C(Oc1ccc(F)cc1Cl)c1ccccc1)N1CCCNCC1. The van der Waals surface area contributed by atoms with Gasteiger partial charge in [0.15, 0.2) is 0 Å². The van der Waals surface area contributed by atoms with Crippen LogP contribution in [-0.2, 0) is 4.79 Å². The van der Waals surface area contributed by atoms with Crippen molar-refractivity contribution in [2.24, 2.45) is 0 Å². The molecule has 0 aliphatic carbocycles. The van der Waals surface area contributed by atoms with Crippen LogP contribution in [-0.4, -0.2) is 37.0 Å². The highest BCUT2D eigenvalue weighted by atomic mass is 35.5. The summed E-state index contributed by atoms with van der Waals surface area (Å²) in [6.07, 6.45) is 0.0761. The molecule has 1 atom stereocenters. The van der Waals surface area contributed by atoms with E-state index in [0.717, 1.165) is 25.1 Å². The fraction of sp³-hybridized carbons (Fsp3) is 0.316. The maximum absolute atomic E-state index is 13.3. The van der Waals surface area contributed by atoms with Gasteiger partial charge in [-0.3, -0.25) is 4.79 Å². The first-order valence-electron chi connectivity index (χ1n) is 8.31. The Morgan fingerprint density at radius 1 is 1.15 bits per heavy atom. The van der Waals surface area contributed by atoms with Crippen molar-refractivity contribution < 1.29 is 13.9 Å². The third kappa shape index (κ3) is 5.10. The number of halogens is 3. The van der Waals surface area contributed by atoms with E-state index in [2.05, 4.69) is 5.32 Å². The molecule has 2 aromatic carbocycles. The Balaban J connectivity index is 0.00000243. The quantitative estimate of drug-likeness (QED) is 0.850. The van der Waals surface area contributed by atoms with Gasteiger partial charge >= 0.3 is 0 Å². The highest BCUT2D eigenvalue weighted by molar-refractivity contribution is 6.32. The van der Waals surface area contributed by atoms with Crippen molar-refractivity contribution in [2.75, 3.05) is 26.2 Å². The number of carbonyl (C=O) groups excluding carboxylic acids is 1. The summed E-state index contributed by atoms with van der Waals surface area (Å²) < 4.78 is 19.2. The van der Waals surface area contributed by atoms with Gasteiger partial charge < -0.3 is 15.0 Å². The highest BCUT2D eigenvalue weighted by Gasteiger charge is 2.28. The molecular formula is C19H21Cl2FN2O2. The Morgan fingerprint density at radius 2 is 1.92 bits per heavy atom. The molecule has 1 heterocycles. The van der Waals surface area contributed by atoms with Crippen LogP contribution >= 0.6 is 24.0 Å². The third-order valence-corrected chi connectivity index (χ3v) is 4.41. The fourth-order valence-electron chi connectivity index (χ4n) is 2.82. The molecule has 0 spiro atoms. The van der Waals surface area contributed by atoms with E-state index in [9.17, 15) is 9.18 Å². The lowest BCUT2D eigenvalue weighted by atomic mass is 10.1. The van der Waals surface area contributed by atoms with E-state index >= 15 is 0 Å². The average Bonchev–Trinajstić information content (AvgIpc) is 2.91. The number of carbonyl (C=O) groups is 1. The van der Waals surface area contributed by atoms with Gasteiger partial charge in [0.1, 0.15) is 11.6 Å². The molecule has 1 N–H and O–H groups in total. The first-order chi connectivity index (χ1) is 12.1. The van der Waals surface area contributed by atoms with E-state index in [-0.39, 0.29) is 23.3 Å². The second-order valence-corrected chi connectivity index (χ2v) is 6.32. The molecule has 0 radical (unpaired) electrons. The molecule has 1 saturated heterocycles. The number of hydrogen-bond donors (Lipinski definition) is 1. The van der Waals surface area contributed by atoms with E-state index < -0.39 is 11.9 Å². The largest absolute Gasteiger partial charge is 0.474 e. The summed E-state index contributed by atoms with van der Waals surface area (Å²) in [6, 6.07) is 13.2. The normalized spacial score (nSPS) is 15.5. The molecule has 1 fully saturated rings. The minimum absolute atomic E-state index is 0. The Hall–Kier alpha value is -1.82. The molecular weight excluding hydrogens is 378 g/mol. The standard InChI is InChI=1S/C19H20ClFN2O2.ClH/c20-16-13-15(21)7-8-17(16)25-18(14-5-2-1-3-6-14)19(24)23-11-4-9-22-10-12-23;/h1-3,5-8,13,18,22H,4,9-12H2;1H. The molecule has 2 aromatic rings. The van der Waals surface area contributed by atoms with Crippen LogP contribution in [0.2, 0.25) is 5.02 Å². The van der Waals surface area contributed by atoms with Crippen LogP contribution in [0, 0.1) is 5.82 Å². The molecule has 4 nitrogen and oxygen atoms in total. The predicted octanol–water partition coefficient (Wildman–Crippen LogP) is 3.84. The fourth-order valence-corrected chi connectivity index (χ4v) is 3.03. The number of hydrogen-bond acceptors (Lipinski definition) is 3. The molecule has 0 aromatic heterocycles. The number of nitrogens with one attached hydrogen (secondary N) is 1. The lowest BCUT2D eigenvalue weighted by molar-refractivity contribution is -0.138. The van der Waals surface area contributed by atoms with Crippen molar-refractivity contribution in [1.82, 2.24) is 10.2 Å². The van der Waals surface area contributed by atoms with Gasteiger partial charge in [0, 0.05) is 25.2 Å². The molecule has 26 heavy (non-hydrogen) atoms. The van der Waals surface area contributed by atoms with Gasteiger partial charge in [-0.1, -0.05) is 41.9 Å². The van der Waals surface area contributed by atoms with Crippen molar-refractivity contribution in [3.05, 3.63) is 64.9 Å². The van der Waals surface area contributed by atoms with Gasteiger partial charge in [0.2, 0.25) is 6.10 Å². The number of nitrogens with zero attached hydrogens (tertiary/aromatic N) is 1. The van der Waals surface area contributed by atoms with Crippen LogP contribution in [0.15, 0.2) is 48.5 Å². The zero-order valence-electron chi connectivity index (χ0n) is 14.2. The van der Waals surface area contributed by atoms with Crippen molar-refractivity contribution in [3.8, 4) is 5.75 Å². The van der Waals surface area contributed by atoms with Crippen LogP contribution in [0.4, 0.5) is 4.39 Å². The molecule has 3 rings (SSSR count). The summed E-state index contributed by atoms with van der Waals surface area (Å²) in [4.78, 5) is 14.9. The zero-order valence-corrected chi connectivity index (χ0v) is 15.7. The van der Waals surface area contributed by atoms with Gasteiger partial charge in [-0.15, -0.1) is 12.4 Å². The van der Waals surface area contributed by atoms with Gasteiger partial charge in [0.05, 0.1) is 5.02 Å². The van der Waals surface area contributed by atoms with Crippen molar-refractivity contribution in [3.63, 3.8) is 0 Å². The molecule has 0 bridgehead atoms. The molecule has 7 heteroatoms. The Kier molecular flexibility index (Phi) is 7.69. The van der Waals surface area contributed by atoms with Gasteiger partial charge in [-0.05, 0) is 31.2 Å². The maximum Gasteiger partial charge on any atom is 0.268 e. The summed E-state index contributed by atoms with van der Waals surface area (Å²) in [5.74, 6) is -0.271. The Labute approximate surface area is 163 Å². The number of benzene rings is 2. The molecule has 140 valence electrons. The van der Waals surface area contributed by atoms with Crippen molar-refractivity contribution >= 4 is 29.9 Å². The van der Waals surface area contributed by atoms with Crippen LogP contribution < -0.4 is 10.1 Å². The van der Waals surface area contributed by atoms with Gasteiger partial charge in [0.25, 0.3) is 5.91 Å². The number of ether oxygens (including phenoxy) is 1. The van der Waals surface area contributed by atoms with Crippen molar-refractivity contribution in [1.29, 1.82) is 0 Å². The van der Waals surface area contributed by atoms with E-state index in [1.165, 1.54) is 18.2 Å². The van der Waals surface area contributed by atoms with E-state index in [4.69, 9.17) is 16.3 Å². The first kappa shape index (κ1) is 20.5. The Bertz CT molecular complexity index is 723. The van der Waals surface area contributed by atoms with Crippen molar-refractivity contribution in [2.45, 2.75) is 12.5 Å². The minimum Gasteiger partial charge on any atom is -0.474 e. The molecule has 1 unspecified atom stereocenters. The van der Waals surface area contributed by atoms with Crippen LogP contribution in [0.25, 0.3) is 0 Å². The molecule has 1 amide bonds. The van der Waals surface area contributed by atoms with Crippen LogP contribution in [0.5, 0.6) is 5.75 Å². The monoisotopic (exact) mass is 398 g/mol. The molecule has 1 aliphatic rings. The van der Waals surface area contributed by atoms with E-state index in [0.29, 0.717) is 18.8 Å². The van der Waals surface area contributed by atoms with Crippen LogP contribution in [0.1, 0.15) is 18.1 Å². The smallest absolute Gasteiger partial charge is 0.268 e. The van der Waals surface area contributed by atoms with Gasteiger partial charge in [-0.25, -0.2) is 4.39 Å². The first-order valence-corrected chi connectivity index (χ1v) is 8.69. The number of amides is 1. The average molecular weight is 399 g/mol. The lowest BCUT2D eigenvalue weighted by Gasteiger charge is -2.27. The summed E-state index contributed by atoms with van der Waals surface area (Å²) in [5.41, 5.74) is 0.741. The highest BCUT2D eigenvalue weighted by Crippen LogP contribution is 2.30. The predicted molar refractivity (Wildman–Crippen MR) is 103 cm³/mol. The minimum atomic E-state index is -0.817. The van der Waals surface area contributed by atoms with Crippen LogP contribution in [0.3, 0.4) is 0 Å². The zero-order chi connectivity index (χ0) is 17.6. The summed E-state index contributed by atoms with van der Waals surface area (Å²) in [5, 5.41) is 3.42. The third-order valence-electron chi connectivity index (χ3n) is 4.12. The topological polar surface area (TPSA) is 41.6 Å². The van der Waals surface area contributed by atoms with Gasteiger partial charge in [-0.2, -0.15) is 0 Å². The summed E-state index contributed by atoms with van der Waals surface area (Å²) in [7, 11) is 0.